The number of allylic oxidation sites excluding steroid dienone is 1. The molecule has 0 amide bonds. The Morgan fingerprint density at radius 2 is 1.56 bits per heavy atom. The molecule has 0 aliphatic carbocycles. The highest BCUT2D eigenvalue weighted by Crippen LogP contribution is 2.20. The Morgan fingerprint density at radius 1 is 0.875 bits per heavy atom. The molecule has 0 saturated carbocycles. The molecule has 0 saturated heterocycles. The van der Waals surface area contributed by atoms with Gasteiger partial charge in [-0.1, -0.05) is 42.5 Å². The standard InChI is InChI=1S/C13H9F3/c14-13(15,16)8-7-10-5-6-11-3-1-2-4-12(11)9-10/h1-9H/b8-7+. The van der Waals surface area contributed by atoms with Crippen LogP contribution in [0, 0.1) is 0 Å². The van der Waals surface area contributed by atoms with E-state index in [0.717, 1.165) is 16.8 Å². The molecule has 16 heavy (non-hydrogen) atoms. The summed E-state index contributed by atoms with van der Waals surface area (Å²) in [6.45, 7) is 0. The maximum Gasteiger partial charge on any atom is 0.409 e. The third kappa shape index (κ3) is 2.63. The van der Waals surface area contributed by atoms with Crippen LogP contribution in [0.1, 0.15) is 5.56 Å². The first-order chi connectivity index (χ1) is 7.54. The van der Waals surface area contributed by atoms with Crippen LogP contribution in [0.15, 0.2) is 48.5 Å². The molecule has 3 heteroatoms. The first kappa shape index (κ1) is 10.7. The van der Waals surface area contributed by atoms with E-state index in [1.165, 1.54) is 0 Å². The third-order valence-corrected chi connectivity index (χ3v) is 2.24. The summed E-state index contributed by atoms with van der Waals surface area (Å²) in [6.07, 6.45) is -2.94. The molecule has 0 aliphatic heterocycles. The molecule has 2 rings (SSSR count). The van der Waals surface area contributed by atoms with Crippen molar-refractivity contribution in [1.29, 1.82) is 0 Å². The van der Waals surface area contributed by atoms with Crippen LogP contribution in [0.4, 0.5) is 13.2 Å². The zero-order valence-electron chi connectivity index (χ0n) is 8.33. The number of hydrogen-bond donors (Lipinski definition) is 0. The molecule has 0 heterocycles. The van der Waals surface area contributed by atoms with Gasteiger partial charge in [-0.15, -0.1) is 0 Å². The second-order valence-electron chi connectivity index (χ2n) is 3.48. The second kappa shape index (κ2) is 4.00. The summed E-state index contributed by atoms with van der Waals surface area (Å²) in [5, 5.41) is 1.96. The fraction of sp³-hybridized carbons (Fsp3) is 0.0769. The Balaban J connectivity index is 2.37. The summed E-state index contributed by atoms with van der Waals surface area (Å²) in [7, 11) is 0. The Hall–Kier alpha value is -1.77. The van der Waals surface area contributed by atoms with Crippen molar-refractivity contribution in [3.8, 4) is 0 Å². The van der Waals surface area contributed by atoms with Gasteiger partial charge in [-0.05, 0) is 22.4 Å². The Morgan fingerprint density at radius 3 is 2.25 bits per heavy atom. The van der Waals surface area contributed by atoms with Gasteiger partial charge < -0.3 is 0 Å². The van der Waals surface area contributed by atoms with Crippen molar-refractivity contribution < 1.29 is 13.2 Å². The van der Waals surface area contributed by atoms with Crippen molar-refractivity contribution in [3.63, 3.8) is 0 Å². The summed E-state index contributed by atoms with van der Waals surface area (Å²) in [5.74, 6) is 0. The third-order valence-electron chi connectivity index (χ3n) is 2.24. The van der Waals surface area contributed by atoms with Gasteiger partial charge in [0.2, 0.25) is 0 Å². The molecule has 82 valence electrons. The number of alkyl halides is 3. The van der Waals surface area contributed by atoms with Crippen LogP contribution < -0.4 is 0 Å². The van der Waals surface area contributed by atoms with Gasteiger partial charge in [0.25, 0.3) is 0 Å². The smallest absolute Gasteiger partial charge is 0.167 e. The van der Waals surface area contributed by atoms with Gasteiger partial charge in [0.05, 0.1) is 0 Å². The van der Waals surface area contributed by atoms with Gasteiger partial charge in [-0.25, -0.2) is 0 Å². The van der Waals surface area contributed by atoms with Gasteiger partial charge in [0.15, 0.2) is 0 Å². The lowest BCUT2D eigenvalue weighted by Crippen LogP contribution is -2.00. The quantitative estimate of drug-likeness (QED) is 0.670. The molecule has 0 radical (unpaired) electrons. The van der Waals surface area contributed by atoms with Crippen molar-refractivity contribution in [3.05, 3.63) is 54.1 Å². The predicted octanol–water partition coefficient (Wildman–Crippen LogP) is 4.42. The van der Waals surface area contributed by atoms with Crippen molar-refractivity contribution in [1.82, 2.24) is 0 Å². The zero-order valence-corrected chi connectivity index (χ0v) is 8.33. The maximum atomic E-state index is 12.0. The lowest BCUT2D eigenvalue weighted by Gasteiger charge is -2.00. The minimum Gasteiger partial charge on any atom is -0.167 e. The molecule has 0 aliphatic rings. The summed E-state index contributed by atoms with van der Waals surface area (Å²) in [4.78, 5) is 0. The number of fused-ring (bicyclic) bond motifs is 1. The van der Waals surface area contributed by atoms with E-state index in [-0.39, 0.29) is 6.08 Å². The summed E-state index contributed by atoms with van der Waals surface area (Å²) >= 11 is 0. The Labute approximate surface area is 91.0 Å². The minimum atomic E-state index is -4.26. The molecular weight excluding hydrogens is 213 g/mol. The molecule has 2 aromatic carbocycles. The van der Waals surface area contributed by atoms with E-state index in [0.29, 0.717) is 5.56 Å². The fourth-order valence-corrected chi connectivity index (χ4v) is 1.50. The average Bonchev–Trinajstić information content (AvgIpc) is 2.25. The van der Waals surface area contributed by atoms with Crippen molar-refractivity contribution in [2.75, 3.05) is 0 Å². The highest BCUT2D eigenvalue weighted by Gasteiger charge is 2.21. The molecule has 0 fully saturated rings. The van der Waals surface area contributed by atoms with E-state index in [2.05, 4.69) is 0 Å². The van der Waals surface area contributed by atoms with Crippen LogP contribution in [-0.4, -0.2) is 6.18 Å². The van der Waals surface area contributed by atoms with Gasteiger partial charge in [0.1, 0.15) is 0 Å². The van der Waals surface area contributed by atoms with Gasteiger partial charge in [0, 0.05) is 6.08 Å². The molecule has 0 atom stereocenters. The van der Waals surface area contributed by atoms with Gasteiger partial charge in [-0.3, -0.25) is 0 Å². The van der Waals surface area contributed by atoms with E-state index >= 15 is 0 Å². The number of benzene rings is 2. The summed E-state index contributed by atoms with van der Waals surface area (Å²) in [6, 6.07) is 12.8. The normalized spacial score (nSPS) is 12.4. The number of rotatable bonds is 1. The van der Waals surface area contributed by atoms with E-state index in [1.807, 2.05) is 30.3 Å². The molecule has 2 aromatic rings. The van der Waals surface area contributed by atoms with Crippen molar-refractivity contribution in [2.24, 2.45) is 0 Å². The zero-order chi connectivity index (χ0) is 11.6. The number of hydrogen-bond acceptors (Lipinski definition) is 0. The largest absolute Gasteiger partial charge is 0.409 e. The highest BCUT2D eigenvalue weighted by molar-refractivity contribution is 5.84. The Bertz CT molecular complexity index is 524. The maximum absolute atomic E-state index is 12.0. The first-order valence-electron chi connectivity index (χ1n) is 4.79. The highest BCUT2D eigenvalue weighted by atomic mass is 19.4. The molecule has 0 unspecified atom stereocenters. The Kier molecular flexibility index (Phi) is 2.69. The van der Waals surface area contributed by atoms with Gasteiger partial charge in [-0.2, -0.15) is 13.2 Å². The monoisotopic (exact) mass is 222 g/mol. The molecule has 0 spiro atoms. The molecule has 0 aromatic heterocycles. The molecular formula is C13H9F3. The molecule has 0 N–H and O–H groups in total. The van der Waals surface area contributed by atoms with E-state index in [1.54, 1.807) is 12.1 Å². The van der Waals surface area contributed by atoms with Crippen LogP contribution in [0.5, 0.6) is 0 Å². The van der Waals surface area contributed by atoms with Crippen LogP contribution in [0.3, 0.4) is 0 Å². The average molecular weight is 222 g/mol. The lowest BCUT2D eigenvalue weighted by atomic mass is 10.1. The molecule has 0 nitrogen and oxygen atoms in total. The molecule has 0 bridgehead atoms. The number of halogens is 3. The van der Waals surface area contributed by atoms with Gasteiger partial charge >= 0.3 is 6.18 Å². The summed E-state index contributed by atoms with van der Waals surface area (Å²) in [5.41, 5.74) is 0.552. The fourth-order valence-electron chi connectivity index (χ4n) is 1.50. The van der Waals surface area contributed by atoms with E-state index < -0.39 is 6.18 Å². The lowest BCUT2D eigenvalue weighted by molar-refractivity contribution is -0.0790. The predicted molar refractivity (Wildman–Crippen MR) is 59.0 cm³/mol. The second-order valence-corrected chi connectivity index (χ2v) is 3.48. The van der Waals surface area contributed by atoms with Crippen molar-refractivity contribution in [2.45, 2.75) is 6.18 Å². The van der Waals surface area contributed by atoms with Crippen LogP contribution in [0.25, 0.3) is 16.8 Å². The van der Waals surface area contributed by atoms with Crippen molar-refractivity contribution >= 4 is 16.8 Å². The first-order valence-corrected chi connectivity index (χ1v) is 4.79. The van der Waals surface area contributed by atoms with Crippen LogP contribution in [-0.2, 0) is 0 Å². The van der Waals surface area contributed by atoms with Crippen LogP contribution >= 0.6 is 0 Å². The minimum absolute atomic E-state index is 0.247. The SMILES string of the molecule is FC(F)(F)/C=C/c1ccc2ccccc2c1. The van der Waals surface area contributed by atoms with E-state index in [9.17, 15) is 13.2 Å². The van der Waals surface area contributed by atoms with E-state index in [4.69, 9.17) is 0 Å². The summed E-state index contributed by atoms with van der Waals surface area (Å²) < 4.78 is 35.9. The van der Waals surface area contributed by atoms with Crippen LogP contribution in [0.2, 0.25) is 0 Å². The topological polar surface area (TPSA) is 0 Å².